The first-order chi connectivity index (χ1) is 8.81. The third-order valence-electron chi connectivity index (χ3n) is 2.30. The van der Waals surface area contributed by atoms with E-state index in [0.29, 0.717) is 0 Å². The molecule has 1 aromatic carbocycles. The number of carbonyl (C=O) groups is 1. The number of nitriles is 1. The molecule has 1 rings (SSSR count). The van der Waals surface area contributed by atoms with Crippen molar-refractivity contribution in [2.24, 2.45) is 0 Å². The maximum atomic E-state index is 12.7. The number of carbonyl (C=O) groups excluding carboxylic acids is 1. The second-order valence-electron chi connectivity index (χ2n) is 3.54. The van der Waals surface area contributed by atoms with Gasteiger partial charge in [-0.2, -0.15) is 18.4 Å². The van der Waals surface area contributed by atoms with Crippen LogP contribution in [0.5, 0.6) is 0 Å². The van der Waals surface area contributed by atoms with Gasteiger partial charge in [-0.05, 0) is 19.1 Å². The van der Waals surface area contributed by atoms with Gasteiger partial charge in [-0.25, -0.2) is 0 Å². The molecule has 0 aliphatic rings. The summed E-state index contributed by atoms with van der Waals surface area (Å²) in [6.45, 7) is 1.66. The van der Waals surface area contributed by atoms with Crippen LogP contribution in [0.3, 0.4) is 0 Å². The molecule has 0 unspecified atom stereocenters. The predicted octanol–water partition coefficient (Wildman–Crippen LogP) is 3.34. The van der Waals surface area contributed by atoms with E-state index < -0.39 is 29.2 Å². The van der Waals surface area contributed by atoms with Crippen molar-refractivity contribution in [1.82, 2.24) is 0 Å². The summed E-state index contributed by atoms with van der Waals surface area (Å²) in [5, 5.41) is 8.20. The molecule has 0 N–H and O–H groups in total. The highest BCUT2D eigenvalue weighted by atomic mass is 35.5. The predicted molar refractivity (Wildman–Crippen MR) is 61.5 cm³/mol. The zero-order valence-corrected chi connectivity index (χ0v) is 10.6. The van der Waals surface area contributed by atoms with Crippen LogP contribution in [-0.4, -0.2) is 12.6 Å². The normalized spacial score (nSPS) is 10.9. The monoisotopic (exact) mass is 291 g/mol. The maximum Gasteiger partial charge on any atom is 0.417 e. The fraction of sp³-hybridized carbons (Fsp3) is 0.333. The highest BCUT2D eigenvalue weighted by Gasteiger charge is 2.35. The summed E-state index contributed by atoms with van der Waals surface area (Å²) in [5.41, 5.74) is -1.32. The molecule has 0 amide bonds. The molecule has 102 valence electrons. The summed E-state index contributed by atoms with van der Waals surface area (Å²) in [7, 11) is 0. The average molecular weight is 292 g/mol. The van der Waals surface area contributed by atoms with Crippen LogP contribution >= 0.6 is 11.6 Å². The number of halogens is 4. The van der Waals surface area contributed by atoms with Gasteiger partial charge in [-0.3, -0.25) is 4.79 Å². The lowest BCUT2D eigenvalue weighted by Crippen LogP contribution is -2.13. The molecule has 1 aromatic rings. The van der Waals surface area contributed by atoms with Crippen LogP contribution in [0.4, 0.5) is 13.2 Å². The van der Waals surface area contributed by atoms with Crippen LogP contribution in [0.2, 0.25) is 5.02 Å². The van der Waals surface area contributed by atoms with E-state index >= 15 is 0 Å². The van der Waals surface area contributed by atoms with Gasteiger partial charge in [0.05, 0.1) is 35.2 Å². The number of nitrogens with zero attached hydrogens (tertiary/aromatic N) is 1. The molecule has 0 aliphatic carbocycles. The van der Waals surface area contributed by atoms with E-state index in [1.165, 1.54) is 0 Å². The van der Waals surface area contributed by atoms with Crippen molar-refractivity contribution in [1.29, 1.82) is 5.26 Å². The fourth-order valence-corrected chi connectivity index (χ4v) is 1.81. The summed E-state index contributed by atoms with van der Waals surface area (Å²) in [4.78, 5) is 11.3. The third-order valence-corrected chi connectivity index (χ3v) is 2.73. The minimum Gasteiger partial charge on any atom is -0.466 e. The lowest BCUT2D eigenvalue weighted by atomic mass is 10.0. The van der Waals surface area contributed by atoms with Gasteiger partial charge in [0.1, 0.15) is 0 Å². The zero-order valence-electron chi connectivity index (χ0n) is 9.84. The number of hydrogen-bond acceptors (Lipinski definition) is 3. The van der Waals surface area contributed by atoms with E-state index in [-0.39, 0.29) is 17.7 Å². The molecule has 0 radical (unpaired) electrons. The van der Waals surface area contributed by atoms with Gasteiger partial charge in [0.25, 0.3) is 0 Å². The van der Waals surface area contributed by atoms with Gasteiger partial charge in [0, 0.05) is 5.56 Å². The van der Waals surface area contributed by atoms with E-state index in [1.807, 2.05) is 0 Å². The molecule has 0 heterocycles. The van der Waals surface area contributed by atoms with E-state index in [4.69, 9.17) is 16.9 Å². The molecule has 0 aromatic heterocycles. The molecule has 0 bridgehead atoms. The van der Waals surface area contributed by atoms with E-state index in [1.54, 1.807) is 13.0 Å². The van der Waals surface area contributed by atoms with E-state index in [0.717, 1.165) is 12.1 Å². The Labute approximate surface area is 112 Å². The highest BCUT2D eigenvalue weighted by Crippen LogP contribution is 2.37. The van der Waals surface area contributed by atoms with Crippen LogP contribution < -0.4 is 0 Å². The SMILES string of the molecule is CCOC(=O)Cc1c(C#N)ccc(C(F)(F)F)c1Cl. The first-order valence-electron chi connectivity index (χ1n) is 5.25. The smallest absolute Gasteiger partial charge is 0.417 e. The second kappa shape index (κ2) is 5.93. The molecule has 0 fully saturated rings. The molecular weight excluding hydrogens is 283 g/mol. The lowest BCUT2D eigenvalue weighted by molar-refractivity contribution is -0.142. The maximum absolute atomic E-state index is 12.7. The first kappa shape index (κ1) is 15.3. The van der Waals surface area contributed by atoms with Crippen molar-refractivity contribution in [3.8, 4) is 6.07 Å². The van der Waals surface area contributed by atoms with Gasteiger partial charge in [-0.1, -0.05) is 11.6 Å². The van der Waals surface area contributed by atoms with Gasteiger partial charge in [0.15, 0.2) is 0 Å². The van der Waals surface area contributed by atoms with Crippen molar-refractivity contribution in [2.45, 2.75) is 19.5 Å². The molecule has 0 saturated heterocycles. The molecule has 19 heavy (non-hydrogen) atoms. The Hall–Kier alpha value is -1.74. The van der Waals surface area contributed by atoms with Crippen LogP contribution in [0.1, 0.15) is 23.6 Å². The van der Waals surface area contributed by atoms with E-state index in [2.05, 4.69) is 4.74 Å². The molecule has 3 nitrogen and oxygen atoms in total. The van der Waals surface area contributed by atoms with E-state index in [9.17, 15) is 18.0 Å². The average Bonchev–Trinajstić information content (AvgIpc) is 2.30. The molecular formula is C12H9ClF3NO2. The van der Waals surface area contributed by atoms with Crippen LogP contribution in [0.15, 0.2) is 12.1 Å². The van der Waals surface area contributed by atoms with Gasteiger partial charge >= 0.3 is 12.1 Å². The van der Waals surface area contributed by atoms with Crippen molar-refractivity contribution < 1.29 is 22.7 Å². The van der Waals surface area contributed by atoms with Crippen LogP contribution in [0, 0.1) is 11.3 Å². The summed E-state index contributed by atoms with van der Waals surface area (Å²) in [5.74, 6) is -0.736. The minimum absolute atomic E-state index is 0.0777. The highest BCUT2D eigenvalue weighted by molar-refractivity contribution is 6.32. The Morgan fingerprint density at radius 3 is 2.58 bits per heavy atom. The standard InChI is InChI=1S/C12H9ClF3NO2/c1-2-19-10(18)5-8-7(6-17)3-4-9(11(8)13)12(14,15)16/h3-4H,2,5H2,1H3. The van der Waals surface area contributed by atoms with Crippen molar-refractivity contribution >= 4 is 17.6 Å². The molecule has 0 spiro atoms. The van der Waals surface area contributed by atoms with Crippen molar-refractivity contribution in [3.05, 3.63) is 33.8 Å². The molecule has 7 heteroatoms. The number of rotatable bonds is 3. The summed E-state index contributed by atoms with van der Waals surface area (Å²) >= 11 is 5.64. The Bertz CT molecular complexity index is 535. The van der Waals surface area contributed by atoms with Gasteiger partial charge < -0.3 is 4.74 Å². The summed E-state index contributed by atoms with van der Waals surface area (Å²) < 4.78 is 42.6. The topological polar surface area (TPSA) is 50.1 Å². The zero-order chi connectivity index (χ0) is 14.6. The van der Waals surface area contributed by atoms with Crippen LogP contribution in [-0.2, 0) is 22.1 Å². The van der Waals surface area contributed by atoms with Gasteiger partial charge in [-0.15, -0.1) is 0 Å². The van der Waals surface area contributed by atoms with Crippen molar-refractivity contribution in [3.63, 3.8) is 0 Å². The Morgan fingerprint density at radius 1 is 1.47 bits per heavy atom. The summed E-state index contributed by atoms with van der Waals surface area (Å²) in [6, 6.07) is 3.41. The lowest BCUT2D eigenvalue weighted by Gasteiger charge is -2.13. The number of benzene rings is 1. The Kier molecular flexibility index (Phi) is 4.78. The van der Waals surface area contributed by atoms with Crippen molar-refractivity contribution in [2.75, 3.05) is 6.61 Å². The minimum atomic E-state index is -4.64. The Balaban J connectivity index is 3.28. The second-order valence-corrected chi connectivity index (χ2v) is 3.92. The Morgan fingerprint density at radius 2 is 2.11 bits per heavy atom. The molecule has 0 aliphatic heterocycles. The van der Waals surface area contributed by atoms with Crippen LogP contribution in [0.25, 0.3) is 0 Å². The molecule has 0 saturated carbocycles. The number of hydrogen-bond donors (Lipinski definition) is 0. The molecule has 0 atom stereocenters. The largest absolute Gasteiger partial charge is 0.466 e. The number of ether oxygens (including phenoxy) is 1. The first-order valence-corrected chi connectivity index (χ1v) is 5.63. The van der Waals surface area contributed by atoms with Gasteiger partial charge in [0.2, 0.25) is 0 Å². The summed E-state index contributed by atoms with van der Waals surface area (Å²) in [6.07, 6.45) is -5.12. The third kappa shape index (κ3) is 3.61. The number of alkyl halides is 3. The quantitative estimate of drug-likeness (QED) is 0.803. The number of esters is 1. The fourth-order valence-electron chi connectivity index (χ4n) is 1.47.